The molecule has 2 fully saturated rings. The van der Waals surface area contributed by atoms with Crippen LogP contribution in [0.25, 0.3) is 0 Å². The van der Waals surface area contributed by atoms with Crippen LogP contribution in [0, 0.1) is 5.92 Å². The van der Waals surface area contributed by atoms with Crippen LogP contribution in [0.4, 0.5) is 4.79 Å². The van der Waals surface area contributed by atoms with Gasteiger partial charge in [-0.05, 0) is 38.0 Å². The third-order valence-electron chi connectivity index (χ3n) is 3.26. The van der Waals surface area contributed by atoms with Crippen molar-refractivity contribution in [2.45, 2.75) is 44.2 Å². The molecule has 2 aliphatic carbocycles. The van der Waals surface area contributed by atoms with Crippen LogP contribution >= 0.6 is 0 Å². The average Bonchev–Trinajstić information content (AvgIpc) is 2.03. The van der Waals surface area contributed by atoms with Crippen molar-refractivity contribution < 1.29 is 4.79 Å². The van der Waals surface area contributed by atoms with Crippen molar-refractivity contribution in [3.63, 3.8) is 0 Å². The summed E-state index contributed by atoms with van der Waals surface area (Å²) in [5, 5.41) is 5.85. The maximum Gasteiger partial charge on any atom is 0.315 e. The molecular formula is C10H19N3O. The molecular weight excluding hydrogens is 178 g/mol. The summed E-state index contributed by atoms with van der Waals surface area (Å²) >= 11 is 0. The normalized spacial score (nSPS) is 31.5. The third kappa shape index (κ3) is 2.38. The van der Waals surface area contributed by atoms with E-state index >= 15 is 0 Å². The van der Waals surface area contributed by atoms with Crippen LogP contribution in [0.5, 0.6) is 0 Å². The highest BCUT2D eigenvalue weighted by Crippen LogP contribution is 2.24. The minimum absolute atomic E-state index is 0.00447. The minimum Gasteiger partial charge on any atom is -0.338 e. The fourth-order valence-corrected chi connectivity index (χ4v) is 1.98. The van der Waals surface area contributed by atoms with Gasteiger partial charge in [0.05, 0.1) is 0 Å². The van der Waals surface area contributed by atoms with Crippen LogP contribution in [-0.2, 0) is 0 Å². The average molecular weight is 197 g/mol. The Kier molecular flexibility index (Phi) is 2.91. The summed E-state index contributed by atoms with van der Waals surface area (Å²) < 4.78 is 0. The SMILES string of the molecule is NC1CC(CNC(=O)NC2CCC2)C1. The van der Waals surface area contributed by atoms with Gasteiger partial charge in [-0.3, -0.25) is 0 Å². The van der Waals surface area contributed by atoms with E-state index in [2.05, 4.69) is 10.6 Å². The summed E-state index contributed by atoms with van der Waals surface area (Å²) in [5.74, 6) is 0.608. The number of carbonyl (C=O) groups is 1. The van der Waals surface area contributed by atoms with Crippen LogP contribution < -0.4 is 16.4 Å². The zero-order valence-electron chi connectivity index (χ0n) is 8.46. The Hall–Kier alpha value is -0.770. The number of carbonyl (C=O) groups excluding carboxylic acids is 1. The van der Waals surface area contributed by atoms with Crippen molar-refractivity contribution in [3.05, 3.63) is 0 Å². The first kappa shape index (κ1) is 9.77. The van der Waals surface area contributed by atoms with Gasteiger partial charge in [0.1, 0.15) is 0 Å². The first-order valence-corrected chi connectivity index (χ1v) is 5.54. The van der Waals surface area contributed by atoms with Gasteiger partial charge < -0.3 is 16.4 Å². The summed E-state index contributed by atoms with van der Waals surface area (Å²) in [5.41, 5.74) is 5.66. The molecule has 0 saturated heterocycles. The predicted molar refractivity (Wildman–Crippen MR) is 54.9 cm³/mol. The fourth-order valence-electron chi connectivity index (χ4n) is 1.98. The van der Waals surface area contributed by atoms with E-state index in [1.165, 1.54) is 6.42 Å². The predicted octanol–water partition coefficient (Wildman–Crippen LogP) is 0.575. The monoisotopic (exact) mass is 197 g/mol. The first-order valence-electron chi connectivity index (χ1n) is 5.54. The smallest absolute Gasteiger partial charge is 0.315 e. The molecule has 0 unspecified atom stereocenters. The van der Waals surface area contributed by atoms with Crippen molar-refractivity contribution in [1.82, 2.24) is 10.6 Å². The summed E-state index contributed by atoms with van der Waals surface area (Å²) in [7, 11) is 0. The van der Waals surface area contributed by atoms with E-state index < -0.39 is 0 Å². The van der Waals surface area contributed by atoms with Gasteiger partial charge >= 0.3 is 6.03 Å². The van der Waals surface area contributed by atoms with Gasteiger partial charge in [0.15, 0.2) is 0 Å². The van der Waals surface area contributed by atoms with E-state index in [1.807, 2.05) is 0 Å². The molecule has 2 saturated carbocycles. The lowest BCUT2D eigenvalue weighted by Crippen LogP contribution is -2.48. The van der Waals surface area contributed by atoms with Crippen molar-refractivity contribution in [1.29, 1.82) is 0 Å². The molecule has 2 amide bonds. The van der Waals surface area contributed by atoms with E-state index in [9.17, 15) is 4.79 Å². The van der Waals surface area contributed by atoms with E-state index in [0.29, 0.717) is 18.0 Å². The highest BCUT2D eigenvalue weighted by molar-refractivity contribution is 5.74. The molecule has 0 radical (unpaired) electrons. The van der Waals surface area contributed by atoms with E-state index in [1.54, 1.807) is 0 Å². The summed E-state index contributed by atoms with van der Waals surface area (Å²) in [6.07, 6.45) is 5.65. The highest BCUT2D eigenvalue weighted by atomic mass is 16.2. The Bertz CT molecular complexity index is 209. The van der Waals surface area contributed by atoms with Gasteiger partial charge in [-0.2, -0.15) is 0 Å². The molecule has 14 heavy (non-hydrogen) atoms. The second-order valence-corrected chi connectivity index (χ2v) is 4.58. The van der Waals surface area contributed by atoms with Crippen molar-refractivity contribution in [3.8, 4) is 0 Å². The van der Waals surface area contributed by atoms with Crippen molar-refractivity contribution in [2.24, 2.45) is 11.7 Å². The molecule has 0 heterocycles. The molecule has 4 heteroatoms. The third-order valence-corrected chi connectivity index (χ3v) is 3.26. The Balaban J connectivity index is 1.53. The number of amides is 2. The lowest BCUT2D eigenvalue weighted by Gasteiger charge is -2.33. The Labute approximate surface area is 84.6 Å². The molecule has 0 spiro atoms. The van der Waals surface area contributed by atoms with Crippen LogP contribution in [0.3, 0.4) is 0 Å². The maximum atomic E-state index is 11.3. The zero-order chi connectivity index (χ0) is 9.97. The standard InChI is InChI=1S/C10H19N3O/c11-8-4-7(5-8)6-12-10(14)13-9-2-1-3-9/h7-9H,1-6,11H2,(H2,12,13,14). The number of hydrogen-bond donors (Lipinski definition) is 3. The number of nitrogens with two attached hydrogens (primary N) is 1. The van der Waals surface area contributed by atoms with Gasteiger partial charge in [-0.25, -0.2) is 4.79 Å². The molecule has 0 aliphatic heterocycles. The molecule has 0 aromatic carbocycles. The minimum atomic E-state index is -0.00447. The van der Waals surface area contributed by atoms with Crippen LogP contribution in [0.15, 0.2) is 0 Å². The molecule has 4 nitrogen and oxygen atoms in total. The number of hydrogen-bond acceptors (Lipinski definition) is 2. The van der Waals surface area contributed by atoms with Crippen molar-refractivity contribution in [2.75, 3.05) is 6.54 Å². The van der Waals surface area contributed by atoms with E-state index in [4.69, 9.17) is 5.73 Å². The quantitative estimate of drug-likeness (QED) is 0.619. The number of urea groups is 1. The molecule has 0 bridgehead atoms. The van der Waals surface area contributed by atoms with E-state index in [0.717, 1.165) is 32.2 Å². The van der Waals surface area contributed by atoms with Crippen molar-refractivity contribution >= 4 is 6.03 Å². The topological polar surface area (TPSA) is 67.1 Å². The van der Waals surface area contributed by atoms with E-state index in [-0.39, 0.29) is 6.03 Å². The molecule has 0 atom stereocenters. The Morgan fingerprint density at radius 2 is 2.07 bits per heavy atom. The van der Waals surface area contributed by atoms with Crippen LogP contribution in [-0.4, -0.2) is 24.7 Å². The lowest BCUT2D eigenvalue weighted by molar-refractivity contribution is 0.215. The molecule has 0 aromatic rings. The molecule has 80 valence electrons. The van der Waals surface area contributed by atoms with Gasteiger partial charge in [0.2, 0.25) is 0 Å². The molecule has 2 rings (SSSR count). The lowest BCUT2D eigenvalue weighted by atomic mass is 9.81. The number of nitrogens with one attached hydrogen (secondary N) is 2. The first-order chi connectivity index (χ1) is 6.74. The largest absolute Gasteiger partial charge is 0.338 e. The second kappa shape index (κ2) is 4.17. The Morgan fingerprint density at radius 1 is 1.36 bits per heavy atom. The summed E-state index contributed by atoms with van der Waals surface area (Å²) in [4.78, 5) is 11.3. The van der Waals surface area contributed by atoms with Gasteiger partial charge in [0, 0.05) is 18.6 Å². The molecule has 2 aliphatic rings. The second-order valence-electron chi connectivity index (χ2n) is 4.58. The molecule has 4 N–H and O–H groups in total. The Morgan fingerprint density at radius 3 is 2.57 bits per heavy atom. The summed E-state index contributed by atoms with van der Waals surface area (Å²) in [6, 6.07) is 0.797. The highest BCUT2D eigenvalue weighted by Gasteiger charge is 2.26. The van der Waals surface area contributed by atoms with Gasteiger partial charge in [-0.15, -0.1) is 0 Å². The fraction of sp³-hybridized carbons (Fsp3) is 0.900. The van der Waals surface area contributed by atoms with Gasteiger partial charge in [0.25, 0.3) is 0 Å². The van der Waals surface area contributed by atoms with Crippen LogP contribution in [0.1, 0.15) is 32.1 Å². The molecule has 0 aromatic heterocycles. The zero-order valence-corrected chi connectivity index (χ0v) is 8.46. The number of rotatable bonds is 3. The maximum absolute atomic E-state index is 11.3. The van der Waals surface area contributed by atoms with Gasteiger partial charge in [-0.1, -0.05) is 0 Å². The summed E-state index contributed by atoms with van der Waals surface area (Å²) in [6.45, 7) is 0.784. The van der Waals surface area contributed by atoms with Crippen LogP contribution in [0.2, 0.25) is 0 Å².